The van der Waals surface area contributed by atoms with E-state index in [0.717, 1.165) is 6.42 Å². The predicted molar refractivity (Wildman–Crippen MR) is 76.2 cm³/mol. The molecule has 0 amide bonds. The van der Waals surface area contributed by atoms with Crippen molar-refractivity contribution in [2.45, 2.75) is 19.4 Å². The maximum Gasteiger partial charge on any atom is 0.149 e. The van der Waals surface area contributed by atoms with Crippen LogP contribution in [0.5, 0.6) is 0 Å². The van der Waals surface area contributed by atoms with E-state index in [0.29, 0.717) is 12.4 Å². The van der Waals surface area contributed by atoms with Gasteiger partial charge in [-0.25, -0.2) is 18.7 Å². The van der Waals surface area contributed by atoms with Crippen LogP contribution in [0.25, 0.3) is 0 Å². The van der Waals surface area contributed by atoms with E-state index in [1.165, 1.54) is 12.1 Å². The molecule has 0 fully saturated rings. The van der Waals surface area contributed by atoms with Gasteiger partial charge < -0.3 is 5.32 Å². The summed E-state index contributed by atoms with van der Waals surface area (Å²) in [5.74, 6) is -0.908. The Morgan fingerprint density at radius 1 is 1.25 bits per heavy atom. The quantitative estimate of drug-likeness (QED) is 0.844. The highest BCUT2D eigenvalue weighted by atomic mass is 79.9. The average molecular weight is 342 g/mol. The van der Waals surface area contributed by atoms with Crippen LogP contribution in [0.3, 0.4) is 0 Å². The van der Waals surface area contributed by atoms with Crippen LogP contribution < -0.4 is 5.32 Å². The molecule has 3 nitrogen and oxygen atoms in total. The first kappa shape index (κ1) is 15.0. The van der Waals surface area contributed by atoms with E-state index >= 15 is 0 Å². The Morgan fingerprint density at radius 3 is 2.60 bits per heavy atom. The lowest BCUT2D eigenvalue weighted by molar-refractivity contribution is 0.488. The fourth-order valence-corrected chi connectivity index (χ4v) is 2.22. The fourth-order valence-electron chi connectivity index (χ4n) is 1.88. The van der Waals surface area contributed by atoms with Crippen molar-refractivity contribution in [1.29, 1.82) is 0 Å². The molecule has 0 bridgehead atoms. The first-order valence-electron chi connectivity index (χ1n) is 6.28. The molecule has 1 aromatic heterocycles. The van der Waals surface area contributed by atoms with Gasteiger partial charge in [0.2, 0.25) is 0 Å². The van der Waals surface area contributed by atoms with Crippen molar-refractivity contribution in [1.82, 2.24) is 15.3 Å². The molecule has 106 valence electrons. The minimum Gasteiger partial charge on any atom is -0.303 e. The SMILES string of the molecule is CCCNC(c1ncccn1)c1c(F)ccc(Br)c1F. The van der Waals surface area contributed by atoms with Gasteiger partial charge in [-0.2, -0.15) is 0 Å². The summed E-state index contributed by atoms with van der Waals surface area (Å²) in [6.07, 6.45) is 3.94. The molecule has 2 aromatic rings. The van der Waals surface area contributed by atoms with E-state index < -0.39 is 17.7 Å². The standard InChI is InChI=1S/C14H14BrF2N3/c1-2-6-18-13(14-19-7-3-8-20-14)11-10(16)5-4-9(15)12(11)17/h3-5,7-8,13,18H,2,6H2,1H3. The molecular formula is C14H14BrF2N3. The first-order valence-corrected chi connectivity index (χ1v) is 7.08. The summed E-state index contributed by atoms with van der Waals surface area (Å²) < 4.78 is 28.5. The zero-order valence-electron chi connectivity index (χ0n) is 10.9. The maximum atomic E-state index is 14.2. The molecule has 6 heteroatoms. The predicted octanol–water partition coefficient (Wildman–Crippen LogP) is 3.61. The summed E-state index contributed by atoms with van der Waals surface area (Å²) >= 11 is 3.08. The zero-order chi connectivity index (χ0) is 14.5. The Morgan fingerprint density at radius 2 is 1.95 bits per heavy atom. The molecule has 2 rings (SSSR count). The van der Waals surface area contributed by atoms with Gasteiger partial charge in [-0.05, 0) is 47.1 Å². The molecule has 0 aliphatic heterocycles. The van der Waals surface area contributed by atoms with Crippen LogP contribution in [0.15, 0.2) is 35.1 Å². The largest absolute Gasteiger partial charge is 0.303 e. The highest BCUT2D eigenvalue weighted by Gasteiger charge is 2.25. The number of aromatic nitrogens is 2. The van der Waals surface area contributed by atoms with E-state index in [4.69, 9.17) is 0 Å². The number of nitrogens with one attached hydrogen (secondary N) is 1. The molecule has 20 heavy (non-hydrogen) atoms. The van der Waals surface area contributed by atoms with Crippen LogP contribution in [-0.2, 0) is 0 Å². The van der Waals surface area contributed by atoms with Crippen LogP contribution >= 0.6 is 15.9 Å². The number of benzene rings is 1. The molecule has 0 aliphatic carbocycles. The van der Waals surface area contributed by atoms with Gasteiger partial charge in [-0.15, -0.1) is 0 Å². The van der Waals surface area contributed by atoms with E-state index in [2.05, 4.69) is 31.2 Å². The summed E-state index contributed by atoms with van der Waals surface area (Å²) in [5.41, 5.74) is -0.0703. The van der Waals surface area contributed by atoms with E-state index in [9.17, 15) is 8.78 Å². The van der Waals surface area contributed by atoms with Crippen molar-refractivity contribution in [2.75, 3.05) is 6.54 Å². The van der Waals surface area contributed by atoms with Gasteiger partial charge in [-0.3, -0.25) is 0 Å². The molecule has 1 aromatic carbocycles. The highest BCUT2D eigenvalue weighted by Crippen LogP contribution is 2.29. The van der Waals surface area contributed by atoms with Crippen molar-refractivity contribution in [3.63, 3.8) is 0 Å². The van der Waals surface area contributed by atoms with Crippen LogP contribution in [0, 0.1) is 11.6 Å². The van der Waals surface area contributed by atoms with Crippen molar-refractivity contribution in [3.05, 3.63) is 58.1 Å². The van der Waals surface area contributed by atoms with Crippen LogP contribution in [-0.4, -0.2) is 16.5 Å². The lowest BCUT2D eigenvalue weighted by atomic mass is 10.0. The number of nitrogens with zero attached hydrogens (tertiary/aromatic N) is 2. The summed E-state index contributed by atoms with van der Waals surface area (Å²) in [6, 6.07) is 3.52. The van der Waals surface area contributed by atoms with Crippen molar-refractivity contribution >= 4 is 15.9 Å². The second-order valence-electron chi connectivity index (χ2n) is 4.25. The van der Waals surface area contributed by atoms with E-state index in [-0.39, 0.29) is 10.0 Å². The molecule has 1 N–H and O–H groups in total. The topological polar surface area (TPSA) is 37.8 Å². The number of hydrogen-bond acceptors (Lipinski definition) is 3. The summed E-state index contributed by atoms with van der Waals surface area (Å²) in [6.45, 7) is 2.58. The molecule has 0 saturated heterocycles. The molecule has 0 spiro atoms. The molecule has 1 unspecified atom stereocenters. The third-order valence-corrected chi connectivity index (χ3v) is 3.42. The first-order chi connectivity index (χ1) is 9.65. The fraction of sp³-hybridized carbons (Fsp3) is 0.286. The Bertz CT molecular complexity index is 578. The summed E-state index contributed by atoms with van der Waals surface area (Å²) in [5, 5.41) is 3.09. The van der Waals surface area contributed by atoms with Gasteiger partial charge in [0.05, 0.1) is 10.5 Å². The number of rotatable bonds is 5. The second-order valence-corrected chi connectivity index (χ2v) is 5.11. The number of halogens is 3. The van der Waals surface area contributed by atoms with Crippen LogP contribution in [0.2, 0.25) is 0 Å². The highest BCUT2D eigenvalue weighted by molar-refractivity contribution is 9.10. The minimum atomic E-state index is -0.714. The maximum absolute atomic E-state index is 14.2. The third kappa shape index (κ3) is 3.19. The smallest absolute Gasteiger partial charge is 0.149 e. The monoisotopic (exact) mass is 341 g/mol. The second kappa shape index (κ2) is 6.85. The Hall–Kier alpha value is -1.40. The Labute approximate surface area is 124 Å². The third-order valence-electron chi connectivity index (χ3n) is 2.81. The number of hydrogen-bond donors (Lipinski definition) is 1. The molecule has 1 heterocycles. The van der Waals surface area contributed by atoms with Gasteiger partial charge in [0.1, 0.15) is 17.5 Å². The molecule has 1 atom stereocenters. The Kier molecular flexibility index (Phi) is 5.14. The van der Waals surface area contributed by atoms with Gasteiger partial charge in [0.15, 0.2) is 0 Å². The van der Waals surface area contributed by atoms with Gasteiger partial charge in [0, 0.05) is 18.0 Å². The Balaban J connectivity index is 2.49. The summed E-state index contributed by atoms with van der Waals surface area (Å²) in [7, 11) is 0. The van der Waals surface area contributed by atoms with Gasteiger partial charge in [-0.1, -0.05) is 6.92 Å². The lowest BCUT2D eigenvalue weighted by Gasteiger charge is -2.19. The summed E-state index contributed by atoms with van der Waals surface area (Å²) in [4.78, 5) is 8.20. The molecule has 0 radical (unpaired) electrons. The normalized spacial score (nSPS) is 12.4. The molecular weight excluding hydrogens is 328 g/mol. The van der Waals surface area contributed by atoms with Gasteiger partial charge in [0.25, 0.3) is 0 Å². The van der Waals surface area contributed by atoms with Crippen LogP contribution in [0.1, 0.15) is 30.8 Å². The van der Waals surface area contributed by atoms with Crippen LogP contribution in [0.4, 0.5) is 8.78 Å². The average Bonchev–Trinajstić information content (AvgIpc) is 2.47. The minimum absolute atomic E-state index is 0.0703. The zero-order valence-corrected chi connectivity index (χ0v) is 12.5. The van der Waals surface area contributed by atoms with Crippen molar-refractivity contribution in [2.24, 2.45) is 0 Å². The lowest BCUT2D eigenvalue weighted by Crippen LogP contribution is -2.27. The molecule has 0 saturated carbocycles. The van der Waals surface area contributed by atoms with Crippen molar-refractivity contribution in [3.8, 4) is 0 Å². The van der Waals surface area contributed by atoms with E-state index in [1.54, 1.807) is 18.5 Å². The van der Waals surface area contributed by atoms with Gasteiger partial charge >= 0.3 is 0 Å². The van der Waals surface area contributed by atoms with E-state index in [1.807, 2.05) is 6.92 Å². The molecule has 0 aliphatic rings. The van der Waals surface area contributed by atoms with Crippen molar-refractivity contribution < 1.29 is 8.78 Å².